The molecule has 1 spiro atoms. The molecule has 0 atom stereocenters. The molecule has 0 radical (unpaired) electrons. The van der Waals surface area contributed by atoms with Crippen LogP contribution in [-0.2, 0) is 11.2 Å². The van der Waals surface area contributed by atoms with E-state index in [9.17, 15) is 19.6 Å². The zero-order chi connectivity index (χ0) is 28.2. The van der Waals surface area contributed by atoms with Crippen molar-refractivity contribution in [3.05, 3.63) is 58.5 Å². The molecule has 2 aliphatic heterocycles. The lowest BCUT2D eigenvalue weighted by atomic mass is 9.79. The van der Waals surface area contributed by atoms with Crippen LogP contribution in [-0.4, -0.2) is 70.3 Å². The van der Waals surface area contributed by atoms with Crippen LogP contribution in [0.5, 0.6) is 0 Å². The van der Waals surface area contributed by atoms with Gasteiger partial charge in [0.1, 0.15) is 29.1 Å². The molecule has 0 unspecified atom stereocenters. The van der Waals surface area contributed by atoms with Gasteiger partial charge in [-0.05, 0) is 56.2 Å². The number of pyridine rings is 1. The normalized spacial score (nSPS) is 16.0. The smallest absolute Gasteiger partial charge is 0.248 e. The molecule has 0 bridgehead atoms. The fourth-order valence-electron chi connectivity index (χ4n) is 5.99. The van der Waals surface area contributed by atoms with Gasteiger partial charge in [-0.2, -0.15) is 10.4 Å². The second-order valence-corrected chi connectivity index (χ2v) is 11.7. The van der Waals surface area contributed by atoms with Gasteiger partial charge in [-0.25, -0.2) is 13.9 Å². The van der Waals surface area contributed by atoms with E-state index in [1.165, 1.54) is 23.5 Å². The number of hydrogen-bond acceptors (Lipinski definition) is 8. The standard InChI is InChI=1S/C29H30FN7O2S/c1-4-22-27(34(3)28-32-26(24(13-31)40-28)19-5-7-20(30)8-6-19)23-12-21(11-18(2)37(23)33-22)35-10-9-29(15-35)16-36(17-29)25(39)14-38/h5-8,11-12,38H,4,9-10,14-17H2,1-3H3. The van der Waals surface area contributed by atoms with Crippen molar-refractivity contribution in [2.24, 2.45) is 5.41 Å². The molecule has 6 rings (SSSR count). The Labute approximate surface area is 235 Å². The third-order valence-electron chi connectivity index (χ3n) is 8.08. The number of hydrogen-bond donors (Lipinski definition) is 1. The number of benzene rings is 1. The minimum atomic E-state index is -0.437. The van der Waals surface area contributed by atoms with Gasteiger partial charge in [-0.15, -0.1) is 0 Å². The van der Waals surface area contributed by atoms with E-state index in [-0.39, 0.29) is 17.1 Å². The zero-order valence-corrected chi connectivity index (χ0v) is 23.5. The van der Waals surface area contributed by atoms with Crippen LogP contribution in [0.3, 0.4) is 0 Å². The number of thiazole rings is 1. The Morgan fingerprint density at radius 2 is 2.00 bits per heavy atom. The molecule has 1 amide bonds. The van der Waals surface area contributed by atoms with E-state index in [1.807, 2.05) is 23.4 Å². The number of carbonyl (C=O) groups is 1. The van der Waals surface area contributed by atoms with Crippen LogP contribution >= 0.6 is 11.3 Å². The van der Waals surface area contributed by atoms with E-state index in [1.54, 1.807) is 17.0 Å². The average Bonchev–Trinajstić information content (AvgIpc) is 3.67. The highest BCUT2D eigenvalue weighted by Gasteiger charge is 2.49. The number of nitrogens with zero attached hydrogens (tertiary/aromatic N) is 7. The van der Waals surface area contributed by atoms with Crippen molar-refractivity contribution in [3.63, 3.8) is 0 Å². The Morgan fingerprint density at radius 3 is 2.67 bits per heavy atom. The molecule has 1 aromatic carbocycles. The minimum Gasteiger partial charge on any atom is -0.387 e. The van der Waals surface area contributed by atoms with E-state index >= 15 is 0 Å². The molecule has 2 aliphatic rings. The van der Waals surface area contributed by atoms with E-state index in [4.69, 9.17) is 10.1 Å². The number of fused-ring (bicyclic) bond motifs is 1. The quantitative estimate of drug-likeness (QED) is 0.379. The molecule has 0 aliphatic carbocycles. The zero-order valence-electron chi connectivity index (χ0n) is 22.7. The van der Waals surface area contributed by atoms with Crippen molar-refractivity contribution in [2.45, 2.75) is 26.7 Å². The number of anilines is 3. The molecule has 0 saturated carbocycles. The van der Waals surface area contributed by atoms with Crippen LogP contribution in [0.25, 0.3) is 16.8 Å². The largest absolute Gasteiger partial charge is 0.387 e. The van der Waals surface area contributed by atoms with Gasteiger partial charge in [0, 0.05) is 55.6 Å². The molecule has 206 valence electrons. The number of amides is 1. The van der Waals surface area contributed by atoms with E-state index in [2.05, 4.69) is 30.0 Å². The van der Waals surface area contributed by atoms with Gasteiger partial charge in [-0.1, -0.05) is 18.3 Å². The van der Waals surface area contributed by atoms with Crippen molar-refractivity contribution in [1.29, 1.82) is 5.26 Å². The first-order valence-electron chi connectivity index (χ1n) is 13.3. The highest BCUT2D eigenvalue weighted by molar-refractivity contribution is 7.16. The summed E-state index contributed by atoms with van der Waals surface area (Å²) in [6.07, 6.45) is 1.72. The van der Waals surface area contributed by atoms with Gasteiger partial charge in [0.25, 0.3) is 0 Å². The van der Waals surface area contributed by atoms with Crippen molar-refractivity contribution >= 4 is 39.3 Å². The van der Waals surface area contributed by atoms with Gasteiger partial charge >= 0.3 is 0 Å². The number of likely N-dealkylation sites (tertiary alicyclic amines) is 1. The van der Waals surface area contributed by atoms with Crippen molar-refractivity contribution in [3.8, 4) is 17.3 Å². The SMILES string of the molecule is CCc1nn2c(C)cc(N3CCC4(CN(C(=O)CO)C4)C3)cc2c1N(C)c1nc(-c2ccc(F)cc2)c(C#N)s1. The Balaban J connectivity index is 1.35. The third kappa shape index (κ3) is 4.28. The van der Waals surface area contributed by atoms with E-state index in [0.29, 0.717) is 34.4 Å². The molecule has 9 nitrogen and oxygen atoms in total. The number of rotatable bonds is 6. The van der Waals surface area contributed by atoms with E-state index < -0.39 is 6.61 Å². The maximum Gasteiger partial charge on any atom is 0.248 e. The highest BCUT2D eigenvalue weighted by Crippen LogP contribution is 2.43. The molecule has 4 aromatic rings. The second-order valence-electron chi connectivity index (χ2n) is 10.7. The molecule has 40 heavy (non-hydrogen) atoms. The first-order valence-corrected chi connectivity index (χ1v) is 14.1. The second kappa shape index (κ2) is 9.87. The molecule has 11 heteroatoms. The van der Waals surface area contributed by atoms with Crippen LogP contribution in [0.15, 0.2) is 36.4 Å². The third-order valence-corrected chi connectivity index (χ3v) is 9.11. The summed E-state index contributed by atoms with van der Waals surface area (Å²) in [4.78, 5) is 23.3. The molecule has 2 saturated heterocycles. The lowest BCUT2D eigenvalue weighted by Gasteiger charge is -2.47. The maximum absolute atomic E-state index is 13.5. The van der Waals surface area contributed by atoms with E-state index in [0.717, 1.165) is 54.2 Å². The summed E-state index contributed by atoms with van der Waals surface area (Å²) in [6, 6.07) is 12.6. The molecule has 3 aromatic heterocycles. The summed E-state index contributed by atoms with van der Waals surface area (Å²) < 4.78 is 15.5. The lowest BCUT2D eigenvalue weighted by Crippen LogP contribution is -2.60. The highest BCUT2D eigenvalue weighted by atomic mass is 32.1. The Kier molecular flexibility index (Phi) is 6.47. The van der Waals surface area contributed by atoms with Gasteiger partial charge in [0.2, 0.25) is 5.91 Å². The van der Waals surface area contributed by atoms with Crippen molar-refractivity contribution in [1.82, 2.24) is 19.5 Å². The summed E-state index contributed by atoms with van der Waals surface area (Å²) in [7, 11) is 1.94. The monoisotopic (exact) mass is 559 g/mol. The first kappa shape index (κ1) is 26.2. The first-order chi connectivity index (χ1) is 19.3. The molecule has 2 fully saturated rings. The number of carbonyl (C=O) groups excluding carboxylic acids is 1. The number of halogens is 1. The van der Waals surface area contributed by atoms with Crippen LogP contribution in [0, 0.1) is 29.5 Å². The summed E-state index contributed by atoms with van der Waals surface area (Å²) >= 11 is 1.30. The van der Waals surface area contributed by atoms with Crippen LogP contribution < -0.4 is 9.80 Å². The fraction of sp³-hybridized carbons (Fsp3) is 0.379. The molecular weight excluding hydrogens is 529 g/mol. The number of aryl methyl sites for hydroxylation is 2. The van der Waals surface area contributed by atoms with Gasteiger partial charge in [0.05, 0.1) is 16.9 Å². The van der Waals surface area contributed by atoms with Crippen LogP contribution in [0.1, 0.15) is 29.6 Å². The number of nitriles is 1. The summed E-state index contributed by atoms with van der Waals surface area (Å²) in [5.74, 6) is -0.540. The van der Waals surface area contributed by atoms with Crippen molar-refractivity contribution < 1.29 is 14.3 Å². The fourth-order valence-corrected chi connectivity index (χ4v) is 6.85. The summed E-state index contributed by atoms with van der Waals surface area (Å²) in [6.45, 7) is 6.81. The molecule has 1 N–H and O–H groups in total. The summed E-state index contributed by atoms with van der Waals surface area (Å²) in [5.41, 5.74) is 6.25. The van der Waals surface area contributed by atoms with Gasteiger partial charge in [0.15, 0.2) is 5.13 Å². The number of aliphatic hydroxyl groups excluding tert-OH is 1. The predicted molar refractivity (Wildman–Crippen MR) is 153 cm³/mol. The topological polar surface area (TPSA) is 101 Å². The van der Waals surface area contributed by atoms with Crippen molar-refractivity contribution in [2.75, 3.05) is 49.6 Å². The van der Waals surface area contributed by atoms with Crippen LogP contribution in [0.4, 0.5) is 20.9 Å². The number of aliphatic hydroxyl groups is 1. The summed E-state index contributed by atoms with van der Waals surface area (Å²) in [5, 5.41) is 24.6. The molecular formula is C29H30FN7O2S. The maximum atomic E-state index is 13.5. The van der Waals surface area contributed by atoms with Gasteiger partial charge < -0.3 is 19.8 Å². The lowest BCUT2D eigenvalue weighted by molar-refractivity contribution is -0.145. The van der Waals surface area contributed by atoms with Gasteiger partial charge in [-0.3, -0.25) is 4.79 Å². The van der Waals surface area contributed by atoms with Crippen LogP contribution in [0.2, 0.25) is 0 Å². The average molecular weight is 560 g/mol. The Morgan fingerprint density at radius 1 is 1.25 bits per heavy atom. The minimum absolute atomic E-state index is 0.0741. The number of aromatic nitrogens is 3. The Hall–Kier alpha value is -4.01. The predicted octanol–water partition coefficient (Wildman–Crippen LogP) is 4.14. The Bertz CT molecular complexity index is 1650. The molecule has 5 heterocycles.